The fourth-order valence-corrected chi connectivity index (χ4v) is 3.31. The van der Waals surface area contributed by atoms with E-state index in [0.29, 0.717) is 38.6 Å². The number of aromatic nitrogens is 5. The first-order chi connectivity index (χ1) is 13.4. The van der Waals surface area contributed by atoms with Crippen LogP contribution < -0.4 is 5.32 Å². The average molecular weight is 415 g/mol. The molecule has 0 unspecified atom stereocenters. The van der Waals surface area contributed by atoms with Gasteiger partial charge in [0.15, 0.2) is 5.82 Å². The molecule has 0 aliphatic heterocycles. The van der Waals surface area contributed by atoms with Crippen LogP contribution in [-0.2, 0) is 0 Å². The summed E-state index contributed by atoms with van der Waals surface area (Å²) in [5.74, 6) is 0.0598. The van der Waals surface area contributed by atoms with Crippen LogP contribution in [0.3, 0.4) is 0 Å². The van der Waals surface area contributed by atoms with Crippen LogP contribution in [0, 0.1) is 6.92 Å². The first kappa shape index (κ1) is 18.1. The summed E-state index contributed by atoms with van der Waals surface area (Å²) in [5, 5.41) is 13.3. The number of pyridine rings is 1. The number of anilines is 2. The first-order valence-electron chi connectivity index (χ1n) is 8.06. The zero-order chi connectivity index (χ0) is 19.8. The van der Waals surface area contributed by atoms with Crippen LogP contribution in [-0.4, -0.2) is 36.0 Å². The van der Waals surface area contributed by atoms with E-state index in [1.165, 1.54) is 12.5 Å². The van der Waals surface area contributed by atoms with Gasteiger partial charge >= 0.3 is 5.97 Å². The lowest BCUT2D eigenvalue weighted by Crippen LogP contribution is -2.03. The molecular weight excluding hydrogens is 403 g/mol. The highest BCUT2D eigenvalue weighted by Crippen LogP contribution is 2.35. The number of nitrogens with one attached hydrogen (secondary N) is 2. The van der Waals surface area contributed by atoms with Gasteiger partial charge in [-0.2, -0.15) is 0 Å². The topological polar surface area (TPSA) is 117 Å². The van der Waals surface area contributed by atoms with Gasteiger partial charge in [-0.1, -0.05) is 29.3 Å². The number of hydrogen-bond acceptors (Lipinski definition) is 6. The van der Waals surface area contributed by atoms with Crippen LogP contribution in [0.1, 0.15) is 16.1 Å². The van der Waals surface area contributed by atoms with Crippen LogP contribution in [0.5, 0.6) is 0 Å². The molecule has 3 heterocycles. The van der Waals surface area contributed by atoms with Crippen molar-refractivity contribution in [3.05, 3.63) is 58.1 Å². The van der Waals surface area contributed by atoms with Crippen molar-refractivity contribution in [2.45, 2.75) is 6.92 Å². The van der Waals surface area contributed by atoms with Gasteiger partial charge in [-0.25, -0.2) is 24.7 Å². The van der Waals surface area contributed by atoms with Gasteiger partial charge in [0.05, 0.1) is 15.6 Å². The molecule has 8 nitrogen and oxygen atoms in total. The number of halogens is 2. The Morgan fingerprint density at radius 3 is 2.61 bits per heavy atom. The summed E-state index contributed by atoms with van der Waals surface area (Å²) in [7, 11) is 0. The molecule has 4 rings (SSSR count). The smallest absolute Gasteiger partial charge is 0.339 e. The van der Waals surface area contributed by atoms with Gasteiger partial charge in [0.1, 0.15) is 34.6 Å². The second-order valence-electron chi connectivity index (χ2n) is 5.90. The molecular formula is C18H12Cl2N6O2. The molecule has 3 aromatic heterocycles. The van der Waals surface area contributed by atoms with E-state index in [1.54, 1.807) is 24.3 Å². The summed E-state index contributed by atoms with van der Waals surface area (Å²) in [6.07, 6.45) is 2.66. The molecule has 4 aromatic rings. The van der Waals surface area contributed by atoms with Crippen molar-refractivity contribution >= 4 is 51.8 Å². The molecule has 28 heavy (non-hydrogen) atoms. The number of rotatable bonds is 4. The molecule has 3 N–H and O–H groups in total. The fourth-order valence-electron chi connectivity index (χ4n) is 2.73. The molecule has 1 aromatic carbocycles. The van der Waals surface area contributed by atoms with E-state index < -0.39 is 5.97 Å². The standard InChI is InChI=1S/C18H12Cl2N6O2/c1-8-5-12(23-7-22-8)24-17-15-14(9(6-21-17)18(27)28)25-16(26-15)13-10(19)3-2-4-11(13)20/h2-7H,1H3,(H,25,26)(H,27,28)(H,21,22,23,24). The molecule has 140 valence electrons. The van der Waals surface area contributed by atoms with Crippen LogP contribution in [0.25, 0.3) is 22.4 Å². The maximum Gasteiger partial charge on any atom is 0.339 e. The van der Waals surface area contributed by atoms with Crippen molar-refractivity contribution < 1.29 is 9.90 Å². The van der Waals surface area contributed by atoms with Crippen molar-refractivity contribution in [3.63, 3.8) is 0 Å². The molecule has 0 fully saturated rings. The Kier molecular flexibility index (Phi) is 4.58. The summed E-state index contributed by atoms with van der Waals surface area (Å²) in [4.78, 5) is 31.5. The maximum absolute atomic E-state index is 11.6. The van der Waals surface area contributed by atoms with E-state index >= 15 is 0 Å². The number of H-pyrrole nitrogens is 1. The van der Waals surface area contributed by atoms with Gasteiger partial charge < -0.3 is 15.4 Å². The summed E-state index contributed by atoms with van der Waals surface area (Å²) in [5.41, 5.74) is 1.81. The van der Waals surface area contributed by atoms with Crippen molar-refractivity contribution in [3.8, 4) is 11.4 Å². The number of carbonyl (C=O) groups is 1. The molecule has 0 atom stereocenters. The number of nitrogens with zero attached hydrogens (tertiary/aromatic N) is 4. The summed E-state index contributed by atoms with van der Waals surface area (Å²) >= 11 is 12.5. The summed E-state index contributed by atoms with van der Waals surface area (Å²) in [6, 6.07) is 6.80. The minimum Gasteiger partial charge on any atom is -0.478 e. The maximum atomic E-state index is 11.6. The van der Waals surface area contributed by atoms with Crippen molar-refractivity contribution in [2.75, 3.05) is 5.32 Å². The number of carboxylic acids is 1. The second-order valence-corrected chi connectivity index (χ2v) is 6.72. The van der Waals surface area contributed by atoms with E-state index in [9.17, 15) is 9.90 Å². The Hall–Kier alpha value is -3.23. The molecule has 0 saturated carbocycles. The lowest BCUT2D eigenvalue weighted by molar-refractivity contribution is 0.0698. The quantitative estimate of drug-likeness (QED) is 0.450. The number of imidazole rings is 1. The monoisotopic (exact) mass is 414 g/mol. The van der Waals surface area contributed by atoms with E-state index in [1.807, 2.05) is 6.92 Å². The van der Waals surface area contributed by atoms with Crippen molar-refractivity contribution in [1.82, 2.24) is 24.9 Å². The van der Waals surface area contributed by atoms with Gasteiger partial charge in [-0.05, 0) is 19.1 Å². The van der Waals surface area contributed by atoms with E-state index in [4.69, 9.17) is 23.2 Å². The minimum atomic E-state index is -1.15. The molecule has 0 bridgehead atoms. The Bertz CT molecular complexity index is 1200. The second kappa shape index (κ2) is 7.06. The number of aromatic amines is 1. The summed E-state index contributed by atoms with van der Waals surface area (Å²) in [6.45, 7) is 1.83. The largest absolute Gasteiger partial charge is 0.478 e. The third-order valence-corrected chi connectivity index (χ3v) is 4.63. The molecule has 0 radical (unpaired) electrons. The highest BCUT2D eigenvalue weighted by molar-refractivity contribution is 6.39. The number of hydrogen-bond donors (Lipinski definition) is 3. The average Bonchev–Trinajstić information content (AvgIpc) is 3.06. The lowest BCUT2D eigenvalue weighted by atomic mass is 10.2. The zero-order valence-electron chi connectivity index (χ0n) is 14.4. The Labute approximate surface area is 168 Å². The van der Waals surface area contributed by atoms with E-state index in [-0.39, 0.29) is 11.1 Å². The molecule has 0 aliphatic rings. The van der Waals surface area contributed by atoms with Crippen LogP contribution in [0.2, 0.25) is 10.0 Å². The van der Waals surface area contributed by atoms with E-state index in [0.717, 1.165) is 5.69 Å². The number of fused-ring (bicyclic) bond motifs is 1. The fraction of sp³-hybridized carbons (Fsp3) is 0.0556. The van der Waals surface area contributed by atoms with E-state index in [2.05, 4.69) is 30.2 Å². The summed E-state index contributed by atoms with van der Waals surface area (Å²) < 4.78 is 0. The van der Waals surface area contributed by atoms with Crippen molar-refractivity contribution in [1.29, 1.82) is 0 Å². The molecule has 0 saturated heterocycles. The third kappa shape index (κ3) is 3.23. The first-order valence-corrected chi connectivity index (χ1v) is 8.81. The lowest BCUT2D eigenvalue weighted by Gasteiger charge is -2.06. The Morgan fingerprint density at radius 1 is 1.18 bits per heavy atom. The van der Waals surface area contributed by atoms with Gasteiger partial charge in [-0.15, -0.1) is 0 Å². The normalized spacial score (nSPS) is 11.0. The highest BCUT2D eigenvalue weighted by Gasteiger charge is 2.20. The van der Waals surface area contributed by atoms with Gasteiger partial charge in [0.25, 0.3) is 0 Å². The predicted octanol–water partition coefficient (Wildman–Crippen LogP) is 4.47. The zero-order valence-corrected chi connectivity index (χ0v) is 15.9. The number of carboxylic acid groups (broad SMARTS) is 1. The van der Waals surface area contributed by atoms with Crippen LogP contribution in [0.15, 0.2) is 36.8 Å². The number of aryl methyl sites for hydroxylation is 1. The highest BCUT2D eigenvalue weighted by atomic mass is 35.5. The van der Waals surface area contributed by atoms with Crippen LogP contribution in [0.4, 0.5) is 11.6 Å². The third-order valence-electron chi connectivity index (χ3n) is 4.00. The predicted molar refractivity (Wildman–Crippen MR) is 106 cm³/mol. The molecule has 0 spiro atoms. The SMILES string of the molecule is Cc1cc(Nc2ncc(C(=O)O)c3nc(-c4c(Cl)cccc4Cl)[nH]c23)ncn1. The van der Waals surface area contributed by atoms with Crippen molar-refractivity contribution in [2.24, 2.45) is 0 Å². The minimum absolute atomic E-state index is 0.0508. The van der Waals surface area contributed by atoms with Gasteiger partial charge in [0, 0.05) is 18.0 Å². The number of benzene rings is 1. The number of aromatic carboxylic acids is 1. The van der Waals surface area contributed by atoms with Crippen LogP contribution >= 0.6 is 23.2 Å². The Balaban J connectivity index is 1.92. The Morgan fingerprint density at radius 2 is 1.93 bits per heavy atom. The molecule has 10 heteroatoms. The van der Waals surface area contributed by atoms with Gasteiger partial charge in [-0.3, -0.25) is 0 Å². The molecule has 0 amide bonds. The molecule has 0 aliphatic carbocycles. The van der Waals surface area contributed by atoms with Gasteiger partial charge in [0.2, 0.25) is 0 Å².